The average Bonchev–Trinajstić information content (AvgIpc) is 3.38. The first-order valence-electron chi connectivity index (χ1n) is 9.74. The largest absolute Gasteiger partial charge is 0.480 e. The Bertz CT molecular complexity index is 1230. The molecule has 0 aliphatic carbocycles. The van der Waals surface area contributed by atoms with Crippen LogP contribution in [0.2, 0.25) is 0 Å². The van der Waals surface area contributed by atoms with Crippen LogP contribution in [-0.2, 0) is 17.8 Å². The number of hydrogen-bond donors (Lipinski definition) is 1. The first kappa shape index (κ1) is 21.0. The normalized spacial score (nSPS) is 11.1. The number of benzene rings is 1. The predicted molar refractivity (Wildman–Crippen MR) is 119 cm³/mol. The van der Waals surface area contributed by atoms with Crippen LogP contribution >= 0.6 is 11.3 Å². The molecule has 0 fully saturated rings. The van der Waals surface area contributed by atoms with Crippen LogP contribution in [0.3, 0.4) is 0 Å². The van der Waals surface area contributed by atoms with Gasteiger partial charge in [0.2, 0.25) is 11.8 Å². The SMILES string of the molecule is CCc1ccc(-c2cc(NC(=O)c3sc4nc(COC)nc(OC)c4c3C)on2)cc1. The van der Waals surface area contributed by atoms with Crippen LogP contribution < -0.4 is 10.1 Å². The molecule has 1 aromatic carbocycles. The number of nitrogens with zero attached hydrogens (tertiary/aromatic N) is 3. The lowest BCUT2D eigenvalue weighted by molar-refractivity contribution is 0.102. The molecule has 1 amide bonds. The molecule has 0 saturated carbocycles. The molecule has 3 aromatic heterocycles. The van der Waals surface area contributed by atoms with Gasteiger partial charge in [0.1, 0.15) is 17.1 Å². The Kier molecular flexibility index (Phi) is 5.97. The molecule has 9 heteroatoms. The quantitative estimate of drug-likeness (QED) is 0.449. The Labute approximate surface area is 183 Å². The molecule has 3 heterocycles. The number of rotatable bonds is 7. The summed E-state index contributed by atoms with van der Waals surface area (Å²) < 4.78 is 15.9. The van der Waals surface area contributed by atoms with Gasteiger partial charge in [-0.3, -0.25) is 10.1 Å². The third kappa shape index (κ3) is 4.14. The highest BCUT2D eigenvalue weighted by Gasteiger charge is 2.22. The van der Waals surface area contributed by atoms with Gasteiger partial charge in [0.05, 0.1) is 17.4 Å². The Morgan fingerprint density at radius 1 is 1.19 bits per heavy atom. The van der Waals surface area contributed by atoms with E-state index in [1.807, 2.05) is 19.1 Å². The number of aryl methyl sites for hydroxylation is 2. The lowest BCUT2D eigenvalue weighted by Crippen LogP contribution is -2.10. The molecule has 4 aromatic rings. The van der Waals surface area contributed by atoms with Gasteiger partial charge in [-0.1, -0.05) is 36.3 Å². The van der Waals surface area contributed by atoms with E-state index in [1.165, 1.54) is 24.0 Å². The van der Waals surface area contributed by atoms with Crippen molar-refractivity contribution in [1.29, 1.82) is 0 Å². The summed E-state index contributed by atoms with van der Waals surface area (Å²) >= 11 is 1.27. The Morgan fingerprint density at radius 2 is 1.97 bits per heavy atom. The number of methoxy groups -OCH3 is 2. The van der Waals surface area contributed by atoms with Crippen LogP contribution in [0, 0.1) is 6.92 Å². The van der Waals surface area contributed by atoms with E-state index in [1.54, 1.807) is 13.2 Å². The lowest BCUT2D eigenvalue weighted by Gasteiger charge is -2.04. The van der Waals surface area contributed by atoms with Gasteiger partial charge in [-0.05, 0) is 24.5 Å². The van der Waals surface area contributed by atoms with E-state index in [9.17, 15) is 4.79 Å². The van der Waals surface area contributed by atoms with Crippen molar-refractivity contribution >= 4 is 33.3 Å². The summed E-state index contributed by atoms with van der Waals surface area (Å²) in [5, 5.41) is 7.56. The monoisotopic (exact) mass is 438 g/mol. The molecule has 4 rings (SSSR count). The fourth-order valence-corrected chi connectivity index (χ4v) is 4.34. The third-order valence-corrected chi connectivity index (χ3v) is 6.07. The zero-order chi connectivity index (χ0) is 22.0. The topological polar surface area (TPSA) is 99.4 Å². The van der Waals surface area contributed by atoms with Crippen LogP contribution in [0.5, 0.6) is 5.88 Å². The van der Waals surface area contributed by atoms with Crippen molar-refractivity contribution in [2.45, 2.75) is 26.9 Å². The first-order valence-corrected chi connectivity index (χ1v) is 10.6. The second-order valence-corrected chi connectivity index (χ2v) is 7.90. The molecule has 0 radical (unpaired) electrons. The smallest absolute Gasteiger partial charge is 0.268 e. The highest BCUT2D eigenvalue weighted by molar-refractivity contribution is 7.20. The van der Waals surface area contributed by atoms with Crippen molar-refractivity contribution in [2.75, 3.05) is 19.5 Å². The Balaban J connectivity index is 1.60. The molecule has 160 valence electrons. The van der Waals surface area contributed by atoms with Crippen molar-refractivity contribution in [3.05, 3.63) is 52.2 Å². The van der Waals surface area contributed by atoms with Crippen molar-refractivity contribution in [1.82, 2.24) is 15.1 Å². The summed E-state index contributed by atoms with van der Waals surface area (Å²) in [5.74, 6) is 0.880. The van der Waals surface area contributed by atoms with Crippen LogP contribution in [0.4, 0.5) is 5.88 Å². The summed E-state index contributed by atoms with van der Waals surface area (Å²) in [6, 6.07) is 9.78. The van der Waals surface area contributed by atoms with Crippen LogP contribution in [0.25, 0.3) is 21.5 Å². The molecule has 0 aliphatic heterocycles. The number of amides is 1. The predicted octanol–water partition coefficient (Wildman–Crippen LogP) is 4.62. The van der Waals surface area contributed by atoms with Gasteiger partial charge in [0.25, 0.3) is 5.91 Å². The standard InChI is InChI=1S/C22H22N4O4S/c1-5-13-6-8-14(9-7-13)15-10-17(30-26-15)25-20(27)19-12(2)18-21(29-4)23-16(11-28-3)24-22(18)31-19/h6-10H,5,11H2,1-4H3,(H,25,27). The molecular weight excluding hydrogens is 416 g/mol. The van der Waals surface area contributed by atoms with Crippen molar-refractivity contribution in [2.24, 2.45) is 0 Å². The van der Waals surface area contributed by atoms with Crippen molar-refractivity contribution in [3.8, 4) is 17.1 Å². The second kappa shape index (κ2) is 8.83. The maximum absolute atomic E-state index is 12.9. The molecule has 31 heavy (non-hydrogen) atoms. The highest BCUT2D eigenvalue weighted by Crippen LogP contribution is 2.35. The van der Waals surface area contributed by atoms with E-state index < -0.39 is 0 Å². The molecular formula is C22H22N4O4S. The number of aromatic nitrogens is 3. The number of ether oxygens (including phenoxy) is 2. The summed E-state index contributed by atoms with van der Waals surface area (Å²) in [6.45, 7) is 4.20. The average molecular weight is 439 g/mol. The van der Waals surface area contributed by atoms with E-state index in [0.717, 1.165) is 17.5 Å². The van der Waals surface area contributed by atoms with E-state index in [2.05, 4.69) is 39.5 Å². The summed E-state index contributed by atoms with van der Waals surface area (Å²) in [7, 11) is 3.11. The Morgan fingerprint density at radius 3 is 2.65 bits per heavy atom. The van der Waals surface area contributed by atoms with Gasteiger partial charge >= 0.3 is 0 Å². The minimum Gasteiger partial charge on any atom is -0.480 e. The highest BCUT2D eigenvalue weighted by atomic mass is 32.1. The molecule has 8 nitrogen and oxygen atoms in total. The van der Waals surface area contributed by atoms with Crippen molar-refractivity contribution in [3.63, 3.8) is 0 Å². The second-order valence-electron chi connectivity index (χ2n) is 6.90. The van der Waals surface area contributed by atoms with Crippen LogP contribution in [-0.4, -0.2) is 35.3 Å². The number of anilines is 1. The van der Waals surface area contributed by atoms with Gasteiger partial charge < -0.3 is 14.0 Å². The van der Waals surface area contributed by atoms with Gasteiger partial charge in [-0.2, -0.15) is 4.98 Å². The zero-order valence-corrected chi connectivity index (χ0v) is 18.5. The minimum absolute atomic E-state index is 0.255. The van der Waals surface area contributed by atoms with E-state index in [0.29, 0.717) is 32.5 Å². The third-order valence-electron chi connectivity index (χ3n) is 4.88. The summed E-state index contributed by atoms with van der Waals surface area (Å²) in [4.78, 5) is 23.0. The van der Waals surface area contributed by atoms with Gasteiger partial charge in [0, 0.05) is 18.7 Å². The number of nitrogens with one attached hydrogen (secondary N) is 1. The number of thiophene rings is 1. The lowest BCUT2D eigenvalue weighted by atomic mass is 10.1. The minimum atomic E-state index is -0.306. The number of hydrogen-bond acceptors (Lipinski definition) is 8. The maximum Gasteiger partial charge on any atom is 0.268 e. The molecule has 0 atom stereocenters. The zero-order valence-electron chi connectivity index (χ0n) is 17.7. The summed E-state index contributed by atoms with van der Waals surface area (Å²) in [6.07, 6.45) is 0.969. The molecule has 0 bridgehead atoms. The summed E-state index contributed by atoms with van der Waals surface area (Å²) in [5.41, 5.74) is 3.56. The van der Waals surface area contributed by atoms with Crippen LogP contribution in [0.1, 0.15) is 33.5 Å². The van der Waals surface area contributed by atoms with Gasteiger partial charge in [-0.25, -0.2) is 4.98 Å². The fourth-order valence-electron chi connectivity index (χ4n) is 3.25. The number of fused-ring (bicyclic) bond motifs is 1. The first-order chi connectivity index (χ1) is 15.0. The molecule has 0 saturated heterocycles. The number of carbonyl (C=O) groups is 1. The molecule has 1 N–H and O–H groups in total. The van der Waals surface area contributed by atoms with Gasteiger partial charge in [0.15, 0.2) is 5.82 Å². The molecule has 0 unspecified atom stereocenters. The van der Waals surface area contributed by atoms with Crippen molar-refractivity contribution < 1.29 is 18.8 Å². The Hall–Kier alpha value is -3.30. The molecule has 0 spiro atoms. The van der Waals surface area contributed by atoms with E-state index in [-0.39, 0.29) is 18.4 Å². The van der Waals surface area contributed by atoms with Gasteiger partial charge in [-0.15, -0.1) is 11.3 Å². The maximum atomic E-state index is 12.9. The van der Waals surface area contributed by atoms with E-state index >= 15 is 0 Å². The fraction of sp³-hybridized carbons (Fsp3) is 0.273. The molecule has 0 aliphatic rings. The number of carbonyl (C=O) groups excluding carboxylic acids is 1. The van der Waals surface area contributed by atoms with Crippen LogP contribution in [0.15, 0.2) is 34.9 Å². The van der Waals surface area contributed by atoms with E-state index in [4.69, 9.17) is 14.0 Å².